The Labute approximate surface area is 196 Å². The quantitative estimate of drug-likeness (QED) is 0.458. The number of rotatable bonds is 8. The number of anilines is 1. The molecule has 0 radical (unpaired) electrons. The molecule has 2 aromatic carbocycles. The highest BCUT2D eigenvalue weighted by atomic mass is 35.5. The van der Waals surface area contributed by atoms with Crippen LogP contribution in [0.1, 0.15) is 19.7 Å². The van der Waals surface area contributed by atoms with Crippen LogP contribution in [0.3, 0.4) is 0 Å². The SMILES string of the molecule is CSc1ccc(S(=O)(=O)N(C)Cc2nc(-c3ccc(Cl)cc3)no2)cc1NC(=O)C(C)C. The predicted octanol–water partition coefficient (Wildman–Crippen LogP) is 4.53. The summed E-state index contributed by atoms with van der Waals surface area (Å²) < 4.78 is 32.6. The molecule has 3 aromatic rings. The van der Waals surface area contributed by atoms with Crippen molar-refractivity contribution in [1.82, 2.24) is 14.4 Å². The Morgan fingerprint density at radius 1 is 1.22 bits per heavy atom. The number of hydrogen-bond acceptors (Lipinski definition) is 7. The lowest BCUT2D eigenvalue weighted by Crippen LogP contribution is -2.27. The average molecular weight is 495 g/mol. The fourth-order valence-electron chi connectivity index (χ4n) is 2.71. The molecule has 3 rings (SSSR count). The fraction of sp³-hybridized carbons (Fsp3) is 0.286. The third-order valence-electron chi connectivity index (χ3n) is 4.59. The number of carbonyl (C=O) groups is 1. The zero-order valence-corrected chi connectivity index (χ0v) is 20.4. The Morgan fingerprint density at radius 2 is 1.91 bits per heavy atom. The second kappa shape index (κ2) is 10.0. The molecule has 0 spiro atoms. The topological polar surface area (TPSA) is 105 Å². The summed E-state index contributed by atoms with van der Waals surface area (Å²) in [6.45, 7) is 3.43. The van der Waals surface area contributed by atoms with Gasteiger partial charge in [0.2, 0.25) is 27.6 Å². The summed E-state index contributed by atoms with van der Waals surface area (Å²) in [5.74, 6) is 0.0596. The van der Waals surface area contributed by atoms with E-state index < -0.39 is 10.0 Å². The minimum atomic E-state index is -3.87. The van der Waals surface area contributed by atoms with Gasteiger partial charge >= 0.3 is 0 Å². The Balaban J connectivity index is 1.81. The maximum Gasteiger partial charge on any atom is 0.243 e. The number of halogens is 1. The van der Waals surface area contributed by atoms with Crippen molar-refractivity contribution in [3.05, 3.63) is 53.4 Å². The van der Waals surface area contributed by atoms with E-state index in [1.54, 1.807) is 44.2 Å². The summed E-state index contributed by atoms with van der Waals surface area (Å²) in [6, 6.07) is 11.6. The van der Waals surface area contributed by atoms with Crippen molar-refractivity contribution in [3.63, 3.8) is 0 Å². The third kappa shape index (κ3) is 5.50. The Morgan fingerprint density at radius 3 is 2.53 bits per heavy atom. The van der Waals surface area contributed by atoms with Gasteiger partial charge in [-0.3, -0.25) is 4.79 Å². The number of hydrogen-bond donors (Lipinski definition) is 1. The maximum atomic E-state index is 13.1. The molecule has 1 amide bonds. The predicted molar refractivity (Wildman–Crippen MR) is 125 cm³/mol. The zero-order valence-electron chi connectivity index (χ0n) is 18.0. The zero-order chi connectivity index (χ0) is 23.5. The molecule has 0 atom stereocenters. The standard InChI is InChI=1S/C21H23ClN4O4S2/c1-13(2)21(27)23-17-11-16(9-10-18(17)31-4)32(28,29)26(3)12-19-24-20(25-30-19)14-5-7-15(22)8-6-14/h5-11,13H,12H2,1-4H3,(H,23,27). The average Bonchev–Trinajstić information content (AvgIpc) is 3.22. The van der Waals surface area contributed by atoms with E-state index in [9.17, 15) is 13.2 Å². The molecule has 0 bridgehead atoms. The van der Waals surface area contributed by atoms with E-state index in [4.69, 9.17) is 16.1 Å². The van der Waals surface area contributed by atoms with Gasteiger partial charge in [-0.2, -0.15) is 9.29 Å². The summed E-state index contributed by atoms with van der Waals surface area (Å²) in [5.41, 5.74) is 1.15. The van der Waals surface area contributed by atoms with Crippen LogP contribution in [-0.2, 0) is 21.4 Å². The van der Waals surface area contributed by atoms with E-state index >= 15 is 0 Å². The number of benzene rings is 2. The number of nitrogens with zero attached hydrogens (tertiary/aromatic N) is 3. The van der Waals surface area contributed by atoms with Crippen LogP contribution in [0, 0.1) is 5.92 Å². The lowest BCUT2D eigenvalue weighted by Gasteiger charge is -2.17. The summed E-state index contributed by atoms with van der Waals surface area (Å²) in [6.07, 6.45) is 1.86. The van der Waals surface area contributed by atoms with Crippen molar-refractivity contribution in [3.8, 4) is 11.4 Å². The Bertz CT molecular complexity index is 1210. The monoisotopic (exact) mass is 494 g/mol. The molecular formula is C21H23ClN4O4S2. The van der Waals surface area contributed by atoms with Crippen LogP contribution in [0.4, 0.5) is 5.69 Å². The smallest absolute Gasteiger partial charge is 0.243 e. The normalized spacial score (nSPS) is 11.8. The van der Waals surface area contributed by atoms with Gasteiger partial charge in [-0.05, 0) is 48.7 Å². The van der Waals surface area contributed by atoms with E-state index in [1.165, 1.54) is 30.9 Å². The minimum Gasteiger partial charge on any atom is -0.338 e. The van der Waals surface area contributed by atoms with Crippen LogP contribution < -0.4 is 5.32 Å². The van der Waals surface area contributed by atoms with E-state index in [0.717, 1.165) is 9.20 Å². The van der Waals surface area contributed by atoms with Gasteiger partial charge in [0.05, 0.1) is 17.1 Å². The van der Waals surface area contributed by atoms with Gasteiger partial charge in [0, 0.05) is 28.4 Å². The van der Waals surface area contributed by atoms with Crippen LogP contribution >= 0.6 is 23.4 Å². The molecule has 0 fully saturated rings. The van der Waals surface area contributed by atoms with E-state index in [-0.39, 0.29) is 29.2 Å². The van der Waals surface area contributed by atoms with E-state index in [0.29, 0.717) is 22.1 Å². The number of sulfonamides is 1. The molecule has 170 valence electrons. The molecule has 1 aromatic heterocycles. The van der Waals surface area contributed by atoms with Gasteiger partial charge < -0.3 is 9.84 Å². The van der Waals surface area contributed by atoms with Crippen LogP contribution in [0.5, 0.6) is 0 Å². The first-order valence-corrected chi connectivity index (χ1v) is 12.7. The Kier molecular flexibility index (Phi) is 7.60. The second-order valence-electron chi connectivity index (χ2n) is 7.29. The largest absolute Gasteiger partial charge is 0.338 e. The van der Waals surface area contributed by atoms with Crippen molar-refractivity contribution >= 4 is 45.0 Å². The first-order valence-electron chi connectivity index (χ1n) is 9.65. The highest BCUT2D eigenvalue weighted by Crippen LogP contribution is 2.30. The van der Waals surface area contributed by atoms with Gasteiger partial charge in [-0.15, -0.1) is 11.8 Å². The number of amides is 1. The van der Waals surface area contributed by atoms with Gasteiger partial charge in [-0.25, -0.2) is 8.42 Å². The molecule has 0 saturated carbocycles. The van der Waals surface area contributed by atoms with Gasteiger partial charge in [0.25, 0.3) is 0 Å². The maximum absolute atomic E-state index is 13.1. The van der Waals surface area contributed by atoms with Crippen LogP contribution in [0.15, 0.2) is 56.8 Å². The number of thioether (sulfide) groups is 1. The van der Waals surface area contributed by atoms with E-state index in [1.807, 2.05) is 6.26 Å². The second-order valence-corrected chi connectivity index (χ2v) is 10.6. The highest BCUT2D eigenvalue weighted by Gasteiger charge is 2.25. The van der Waals surface area contributed by atoms with Gasteiger partial charge in [0.1, 0.15) is 0 Å². The highest BCUT2D eigenvalue weighted by molar-refractivity contribution is 7.98. The first kappa shape index (κ1) is 24.2. The van der Waals surface area contributed by atoms with Crippen molar-refractivity contribution in [2.24, 2.45) is 5.92 Å². The first-order chi connectivity index (χ1) is 15.1. The molecule has 0 unspecified atom stereocenters. The van der Waals surface area contributed by atoms with E-state index in [2.05, 4.69) is 15.5 Å². The van der Waals surface area contributed by atoms with Crippen molar-refractivity contribution in [2.45, 2.75) is 30.2 Å². The molecule has 11 heteroatoms. The summed E-state index contributed by atoms with van der Waals surface area (Å²) in [7, 11) is -2.45. The third-order valence-corrected chi connectivity index (χ3v) is 7.44. The molecule has 1 N–H and O–H groups in total. The van der Waals surface area contributed by atoms with Crippen LogP contribution in [0.2, 0.25) is 5.02 Å². The summed E-state index contributed by atoms with van der Waals surface area (Å²) >= 11 is 7.31. The molecule has 0 aliphatic heterocycles. The fourth-order valence-corrected chi connectivity index (χ4v) is 4.52. The van der Waals surface area contributed by atoms with Crippen LogP contribution in [-0.4, -0.2) is 42.1 Å². The molecule has 0 saturated heterocycles. The van der Waals surface area contributed by atoms with Crippen molar-refractivity contribution in [1.29, 1.82) is 0 Å². The molecule has 1 heterocycles. The molecule has 0 aliphatic carbocycles. The van der Waals surface area contributed by atoms with Crippen molar-refractivity contribution < 1.29 is 17.7 Å². The van der Waals surface area contributed by atoms with Gasteiger partial charge in [0.15, 0.2) is 0 Å². The summed E-state index contributed by atoms with van der Waals surface area (Å²) in [4.78, 5) is 17.2. The number of nitrogens with one attached hydrogen (secondary N) is 1. The molecule has 8 nitrogen and oxygen atoms in total. The van der Waals surface area contributed by atoms with Crippen molar-refractivity contribution in [2.75, 3.05) is 18.6 Å². The lowest BCUT2D eigenvalue weighted by molar-refractivity contribution is -0.118. The van der Waals surface area contributed by atoms with Gasteiger partial charge in [-0.1, -0.05) is 30.6 Å². The number of carbonyl (C=O) groups excluding carboxylic acids is 1. The molecule has 0 aliphatic rings. The summed E-state index contributed by atoms with van der Waals surface area (Å²) in [5, 5.41) is 7.29. The molecular weight excluding hydrogens is 472 g/mol. The minimum absolute atomic E-state index is 0.0503. The Hall–Kier alpha value is -2.40. The molecule has 32 heavy (non-hydrogen) atoms. The number of aromatic nitrogens is 2. The van der Waals surface area contributed by atoms with Crippen LogP contribution in [0.25, 0.3) is 11.4 Å². The lowest BCUT2D eigenvalue weighted by atomic mass is 10.2.